The van der Waals surface area contributed by atoms with E-state index in [1.165, 1.54) is 10.4 Å². The summed E-state index contributed by atoms with van der Waals surface area (Å²) in [5.74, 6) is 1.81. The first kappa shape index (κ1) is 17.2. The molecular formula is C18H24N6OS. The highest BCUT2D eigenvalue weighted by atomic mass is 32.1. The van der Waals surface area contributed by atoms with E-state index in [0.29, 0.717) is 13.1 Å². The van der Waals surface area contributed by atoms with E-state index in [2.05, 4.69) is 41.2 Å². The van der Waals surface area contributed by atoms with Crippen molar-refractivity contribution in [1.29, 1.82) is 0 Å². The van der Waals surface area contributed by atoms with E-state index in [4.69, 9.17) is 0 Å². The van der Waals surface area contributed by atoms with Gasteiger partial charge in [-0.2, -0.15) is 5.10 Å². The minimum Gasteiger partial charge on any atom is -0.367 e. The molecule has 0 amide bonds. The molecule has 0 saturated carbocycles. The summed E-state index contributed by atoms with van der Waals surface area (Å²) >= 11 is 1.71. The standard InChI is InChI=1S/C18H24N6OS/c1-4-8-24-18(25)23-9-7-13(5-6-14(23)22-24)21-16-15-11(2)12(3)26-17(15)20-10-19-16/h10,13H,4-9H2,1-3H3,(H,19,20,21). The third-order valence-corrected chi connectivity index (χ3v) is 6.27. The maximum atomic E-state index is 12.5. The highest BCUT2D eigenvalue weighted by molar-refractivity contribution is 7.18. The lowest BCUT2D eigenvalue weighted by Gasteiger charge is -2.17. The monoisotopic (exact) mass is 372 g/mol. The van der Waals surface area contributed by atoms with Gasteiger partial charge in [0.05, 0.1) is 5.39 Å². The molecule has 8 heteroatoms. The molecule has 0 radical (unpaired) electrons. The minimum absolute atomic E-state index is 0.0243. The second-order valence-electron chi connectivity index (χ2n) is 6.93. The summed E-state index contributed by atoms with van der Waals surface area (Å²) in [7, 11) is 0. The van der Waals surface area contributed by atoms with Crippen molar-refractivity contribution >= 4 is 27.4 Å². The van der Waals surface area contributed by atoms with Crippen molar-refractivity contribution in [3.63, 3.8) is 0 Å². The van der Waals surface area contributed by atoms with E-state index >= 15 is 0 Å². The predicted molar refractivity (Wildman–Crippen MR) is 104 cm³/mol. The largest absolute Gasteiger partial charge is 0.367 e. The van der Waals surface area contributed by atoms with E-state index < -0.39 is 0 Å². The number of fused-ring (bicyclic) bond motifs is 2. The summed E-state index contributed by atoms with van der Waals surface area (Å²) in [6.07, 6.45) is 5.18. The topological polar surface area (TPSA) is 77.6 Å². The Morgan fingerprint density at radius 1 is 1.31 bits per heavy atom. The molecule has 1 atom stereocenters. The predicted octanol–water partition coefficient (Wildman–Crippen LogP) is 2.89. The number of hydrogen-bond donors (Lipinski definition) is 1. The molecule has 0 spiro atoms. The van der Waals surface area contributed by atoms with Crippen LogP contribution in [0.15, 0.2) is 11.1 Å². The number of anilines is 1. The van der Waals surface area contributed by atoms with Crippen LogP contribution in [0.4, 0.5) is 5.82 Å². The van der Waals surface area contributed by atoms with Crippen molar-refractivity contribution in [3.05, 3.63) is 33.1 Å². The van der Waals surface area contributed by atoms with Crippen molar-refractivity contribution in [1.82, 2.24) is 24.3 Å². The van der Waals surface area contributed by atoms with Crippen LogP contribution in [0, 0.1) is 13.8 Å². The first-order valence-electron chi connectivity index (χ1n) is 9.22. The van der Waals surface area contributed by atoms with Crippen molar-refractivity contribution in [3.8, 4) is 0 Å². The van der Waals surface area contributed by atoms with Crippen LogP contribution in [0.2, 0.25) is 0 Å². The van der Waals surface area contributed by atoms with Crippen molar-refractivity contribution in [2.75, 3.05) is 5.32 Å². The molecule has 0 aromatic carbocycles. The Morgan fingerprint density at radius 3 is 2.96 bits per heavy atom. The highest BCUT2D eigenvalue weighted by Crippen LogP contribution is 2.33. The number of thiophene rings is 1. The SMILES string of the molecule is CCCn1nc2n(c1=O)CCC(Nc1ncnc3sc(C)c(C)c13)CC2. The molecule has 138 valence electrons. The Morgan fingerprint density at radius 2 is 2.15 bits per heavy atom. The van der Waals surface area contributed by atoms with Gasteiger partial charge in [-0.05, 0) is 38.7 Å². The quantitative estimate of drug-likeness (QED) is 0.762. The van der Waals surface area contributed by atoms with Crippen molar-refractivity contribution in [2.24, 2.45) is 0 Å². The van der Waals surface area contributed by atoms with Gasteiger partial charge in [0.2, 0.25) is 0 Å². The Labute approximate surface area is 156 Å². The molecule has 3 aromatic heterocycles. The van der Waals surface area contributed by atoms with Gasteiger partial charge in [0, 0.05) is 30.4 Å². The van der Waals surface area contributed by atoms with Gasteiger partial charge in [-0.25, -0.2) is 19.4 Å². The zero-order valence-corrected chi connectivity index (χ0v) is 16.3. The maximum absolute atomic E-state index is 12.5. The summed E-state index contributed by atoms with van der Waals surface area (Å²) in [4.78, 5) is 23.7. The molecule has 7 nitrogen and oxygen atoms in total. The molecule has 0 aliphatic carbocycles. The van der Waals surface area contributed by atoms with Gasteiger partial charge in [-0.15, -0.1) is 11.3 Å². The third-order valence-electron chi connectivity index (χ3n) is 5.16. The van der Waals surface area contributed by atoms with Gasteiger partial charge in [0.1, 0.15) is 22.8 Å². The van der Waals surface area contributed by atoms with Crippen LogP contribution in [0.25, 0.3) is 10.2 Å². The molecule has 3 aromatic rings. The summed E-state index contributed by atoms with van der Waals surface area (Å²) < 4.78 is 3.45. The average Bonchev–Trinajstić information content (AvgIpc) is 2.99. The van der Waals surface area contributed by atoms with Gasteiger partial charge >= 0.3 is 5.69 Å². The zero-order valence-electron chi connectivity index (χ0n) is 15.4. The van der Waals surface area contributed by atoms with Gasteiger partial charge in [-0.3, -0.25) is 4.57 Å². The number of hydrogen-bond acceptors (Lipinski definition) is 6. The van der Waals surface area contributed by atoms with Gasteiger partial charge in [0.25, 0.3) is 0 Å². The second kappa shape index (κ2) is 6.83. The minimum atomic E-state index is 0.0243. The zero-order chi connectivity index (χ0) is 18.3. The number of aryl methyl sites for hydroxylation is 4. The first-order chi connectivity index (χ1) is 12.6. The second-order valence-corrected chi connectivity index (χ2v) is 8.13. The summed E-state index contributed by atoms with van der Waals surface area (Å²) in [5.41, 5.74) is 1.27. The molecule has 4 rings (SSSR count). The number of nitrogens with one attached hydrogen (secondary N) is 1. The Balaban J connectivity index is 1.56. The Kier molecular flexibility index (Phi) is 4.52. The molecule has 1 aliphatic rings. The molecule has 1 unspecified atom stereocenters. The Hall–Kier alpha value is -2.22. The van der Waals surface area contributed by atoms with Gasteiger partial charge < -0.3 is 5.32 Å². The van der Waals surface area contributed by atoms with Crippen LogP contribution in [0.3, 0.4) is 0 Å². The fraction of sp³-hybridized carbons (Fsp3) is 0.556. The van der Waals surface area contributed by atoms with Crippen LogP contribution in [-0.2, 0) is 19.5 Å². The van der Waals surface area contributed by atoms with Gasteiger partial charge in [-0.1, -0.05) is 6.92 Å². The van der Waals surface area contributed by atoms with Crippen molar-refractivity contribution < 1.29 is 0 Å². The van der Waals surface area contributed by atoms with Crippen LogP contribution in [-0.4, -0.2) is 30.4 Å². The number of aromatic nitrogens is 5. The molecule has 4 heterocycles. The fourth-order valence-electron chi connectivity index (χ4n) is 3.62. The van der Waals surface area contributed by atoms with E-state index in [-0.39, 0.29) is 11.7 Å². The molecular weight excluding hydrogens is 348 g/mol. The fourth-order valence-corrected chi connectivity index (χ4v) is 4.61. The summed E-state index contributed by atoms with van der Waals surface area (Å²) in [5, 5.41) is 9.26. The van der Waals surface area contributed by atoms with Crippen LogP contribution < -0.4 is 11.0 Å². The number of nitrogens with zero attached hydrogens (tertiary/aromatic N) is 5. The molecule has 0 bridgehead atoms. The maximum Gasteiger partial charge on any atom is 0.345 e. The lowest BCUT2D eigenvalue weighted by Crippen LogP contribution is -2.27. The lowest BCUT2D eigenvalue weighted by atomic mass is 10.1. The Bertz CT molecular complexity index is 1000. The highest BCUT2D eigenvalue weighted by Gasteiger charge is 2.22. The molecule has 26 heavy (non-hydrogen) atoms. The summed E-state index contributed by atoms with van der Waals surface area (Å²) in [6.45, 7) is 7.70. The van der Waals surface area contributed by atoms with E-state index in [1.807, 2.05) is 4.57 Å². The van der Waals surface area contributed by atoms with Gasteiger partial charge in [0.15, 0.2) is 0 Å². The molecule has 1 N–H and O–H groups in total. The van der Waals surface area contributed by atoms with E-state index in [9.17, 15) is 4.79 Å². The van der Waals surface area contributed by atoms with Crippen LogP contribution in [0.5, 0.6) is 0 Å². The molecule has 0 fully saturated rings. The van der Waals surface area contributed by atoms with E-state index in [0.717, 1.165) is 47.5 Å². The van der Waals surface area contributed by atoms with Crippen LogP contribution in [0.1, 0.15) is 42.5 Å². The first-order valence-corrected chi connectivity index (χ1v) is 10.0. The smallest absolute Gasteiger partial charge is 0.345 e. The normalized spacial score (nSPS) is 17.3. The molecule has 1 aliphatic heterocycles. The average molecular weight is 372 g/mol. The number of rotatable bonds is 4. The third kappa shape index (κ3) is 2.92. The lowest BCUT2D eigenvalue weighted by molar-refractivity contribution is 0.532. The summed E-state index contributed by atoms with van der Waals surface area (Å²) in [6, 6.07) is 0.272. The van der Waals surface area contributed by atoms with E-state index in [1.54, 1.807) is 22.3 Å². The van der Waals surface area contributed by atoms with Crippen LogP contribution >= 0.6 is 11.3 Å². The van der Waals surface area contributed by atoms with Crippen molar-refractivity contribution in [2.45, 2.75) is 65.6 Å². The molecule has 0 saturated heterocycles.